The first-order valence-corrected chi connectivity index (χ1v) is 30.2. The van der Waals surface area contributed by atoms with Crippen LogP contribution in [0.3, 0.4) is 0 Å². The van der Waals surface area contributed by atoms with Crippen molar-refractivity contribution in [2.45, 2.75) is 208 Å². The molecule has 3 aliphatic rings. The van der Waals surface area contributed by atoms with Gasteiger partial charge in [-0.3, -0.25) is 28.1 Å². The molecule has 0 spiro atoms. The van der Waals surface area contributed by atoms with Crippen LogP contribution in [0.1, 0.15) is 148 Å². The van der Waals surface area contributed by atoms with E-state index in [1.165, 1.54) is 38.5 Å². The highest BCUT2D eigenvalue weighted by Crippen LogP contribution is 2.47. The van der Waals surface area contributed by atoms with Gasteiger partial charge < -0.3 is 102 Å². The molecule has 74 heavy (non-hydrogen) atoms. The Hall–Kier alpha value is -2.14. The molecule has 436 valence electrons. The Morgan fingerprint density at radius 2 is 1.19 bits per heavy atom. The van der Waals surface area contributed by atoms with Gasteiger partial charge in [0.25, 0.3) is 23.5 Å². The molecule has 2 heterocycles. The van der Waals surface area contributed by atoms with Crippen LogP contribution in [0.4, 0.5) is 4.79 Å². The summed E-state index contributed by atoms with van der Waals surface area (Å²) < 4.78 is 64.4. The number of aliphatic hydroxyl groups is 3. The maximum absolute atomic E-state index is 13.0. The van der Waals surface area contributed by atoms with Gasteiger partial charge in [-0.05, 0) is 57.8 Å². The summed E-state index contributed by atoms with van der Waals surface area (Å²) in [4.78, 5) is 104. The van der Waals surface area contributed by atoms with Crippen LogP contribution in [0.15, 0.2) is 12.2 Å². The van der Waals surface area contributed by atoms with Gasteiger partial charge >= 0.3 is 18.0 Å². The number of allylic oxidation sites excluding steroid dienone is 2. The molecule has 0 aromatic rings. The van der Waals surface area contributed by atoms with Crippen molar-refractivity contribution in [2.75, 3.05) is 25.5 Å². The Bertz CT molecular complexity index is 1770. The summed E-state index contributed by atoms with van der Waals surface area (Å²) in [6, 6.07) is 0.0938. The predicted molar refractivity (Wildman–Crippen MR) is 270 cm³/mol. The summed E-state index contributed by atoms with van der Waals surface area (Å²) >= 11 is 1.81. The summed E-state index contributed by atoms with van der Waals surface area (Å²) in [6.45, 7) is 0.788. The number of nitrogens with one attached hydrogen (secondary N) is 3. The van der Waals surface area contributed by atoms with Gasteiger partial charge in [-0.15, -0.1) is 0 Å². The van der Waals surface area contributed by atoms with E-state index < -0.39 is 91.3 Å². The number of phosphoric acid groups is 3. The smallest absolute Gasteiger partial charge is 0.315 e. The number of phosphoric ester groups is 3. The average Bonchev–Trinajstić information content (AvgIpc) is 3.85. The van der Waals surface area contributed by atoms with Crippen LogP contribution in [-0.2, 0) is 55.6 Å². The van der Waals surface area contributed by atoms with Crippen molar-refractivity contribution in [3.05, 3.63) is 12.2 Å². The topological polar surface area (TPSA) is 491 Å². The number of hydrogen-bond acceptors (Lipinski definition) is 20. The van der Waals surface area contributed by atoms with Gasteiger partial charge in [0.15, 0.2) is 6.10 Å². The molecular formula is C43H87N6O21P3S. The quantitative estimate of drug-likeness (QED) is 0.0138. The molecule has 2 saturated heterocycles. The standard InChI is InChI=1S/C43H78N3O21P3S.3H3N/c1-2-3-4-5-6-7-8-9-10-11-12-13-14-15-17-24-34(48)62-27-30(28-63-70(60,61)67-42-38(51)40(65-68(54,55)56)37(50)41(39(42)52)66-69(57,58)59)64-35(49)25-18-16-21-26-44-33(47)23-20-19-22-32-36-31(29-71-32)45-43(53)46-36;;;/h9-10,30-32,36-42,50-52H,2-8,11-29H2,1H3,(H,44,47)(H,60,61)(H2,45,46,53)(H2,54,55,56)(H2,57,58,59);3*1H3/b10-9-;;;/t30-,31+,32+,36+,37?,38?,39?,40-,41?,42?;;;/m1.../s1. The lowest BCUT2D eigenvalue weighted by molar-refractivity contribution is -0.278. The Kier molecular flexibility index (Phi) is 36.5. The van der Waals surface area contributed by atoms with Crippen LogP contribution < -0.4 is 49.1 Å². The number of hydrogen-bond donors (Lipinski definition) is 11. The molecule has 3 amide bonds. The fourth-order valence-corrected chi connectivity index (χ4v) is 11.9. The molecule has 1 aliphatic carbocycles. The molecule has 0 bridgehead atoms. The van der Waals surface area contributed by atoms with Crippen LogP contribution in [0, 0.1) is 0 Å². The molecule has 31 heteroatoms. The summed E-state index contributed by atoms with van der Waals surface area (Å²) in [7, 11) is -17.6. The number of aliphatic hydroxyl groups excluding tert-OH is 3. The fourth-order valence-electron chi connectivity index (χ4n) is 8.32. The van der Waals surface area contributed by atoms with Gasteiger partial charge in [0.05, 0.1) is 18.7 Å². The minimum Gasteiger partial charge on any atom is -0.756 e. The summed E-state index contributed by atoms with van der Waals surface area (Å²) in [5, 5.41) is 40.7. The number of fused-ring (bicyclic) bond motifs is 1. The number of thioether (sulfide) groups is 1. The average molecular weight is 1150 g/mol. The van der Waals surface area contributed by atoms with Crippen molar-refractivity contribution in [3.8, 4) is 0 Å². The van der Waals surface area contributed by atoms with Gasteiger partial charge in [-0.25, -0.2) is 4.79 Å². The third-order valence-electron chi connectivity index (χ3n) is 12.0. The minimum atomic E-state index is -5.86. The van der Waals surface area contributed by atoms with E-state index in [1.54, 1.807) is 0 Å². The highest BCUT2D eigenvalue weighted by molar-refractivity contribution is 8.00. The maximum Gasteiger partial charge on any atom is 0.315 e. The molecule has 8 unspecified atom stereocenters. The predicted octanol–water partition coefficient (Wildman–Crippen LogP) is 3.67. The molecule has 13 atom stereocenters. The van der Waals surface area contributed by atoms with Gasteiger partial charge in [0.1, 0.15) is 43.2 Å². The van der Waals surface area contributed by atoms with Crippen molar-refractivity contribution in [3.63, 3.8) is 0 Å². The van der Waals surface area contributed by atoms with E-state index in [2.05, 4.69) is 44.1 Å². The second kappa shape index (κ2) is 37.6. The Morgan fingerprint density at radius 1 is 0.689 bits per heavy atom. The highest BCUT2D eigenvalue weighted by Gasteiger charge is 2.54. The van der Waals surface area contributed by atoms with Crippen molar-refractivity contribution in [2.24, 2.45) is 0 Å². The second-order valence-electron chi connectivity index (χ2n) is 18.0. The number of carbonyl (C=O) groups excluding carboxylic acids is 4. The molecule has 0 aromatic heterocycles. The van der Waals surface area contributed by atoms with Crippen molar-refractivity contribution in [1.29, 1.82) is 0 Å². The van der Waals surface area contributed by atoms with Crippen LogP contribution >= 0.6 is 35.2 Å². The second-order valence-corrected chi connectivity index (χ2v) is 23.0. The van der Waals surface area contributed by atoms with Gasteiger partial charge in [-0.1, -0.05) is 83.3 Å². The van der Waals surface area contributed by atoms with Gasteiger partial charge in [0.2, 0.25) is 5.91 Å². The van der Waals surface area contributed by atoms with Gasteiger partial charge in [0, 0.05) is 36.8 Å². The zero-order chi connectivity index (χ0) is 52.5. The van der Waals surface area contributed by atoms with Crippen LogP contribution in [0.5, 0.6) is 0 Å². The number of carbonyl (C=O) groups is 4. The first-order chi connectivity index (χ1) is 33.6. The molecule has 20 N–H and O–H groups in total. The van der Waals surface area contributed by atoms with Crippen LogP contribution in [-0.4, -0.2) is 135 Å². The Morgan fingerprint density at radius 3 is 1.76 bits per heavy atom. The van der Waals surface area contributed by atoms with E-state index in [0.717, 1.165) is 57.1 Å². The molecular weight excluding hydrogens is 1060 g/mol. The molecule has 0 radical (unpaired) electrons. The monoisotopic (exact) mass is 1150 g/mol. The summed E-state index contributed by atoms with van der Waals surface area (Å²) in [5.41, 5.74) is 0. The SMILES string of the molecule is CCCCCCCC/C=C\CCCCCCCC(=O)OC[C@H](COP(=O)([O-])OC1C(O)C(OP(=O)([O-])O)C(O)[C@@H](OP(=O)([O-])O)C1O)OC(=O)CCCCCNC(=O)CCCC[C@@H]1SC[C@@H]2NC(=O)N[C@@H]21.[NH4+].[NH4+].[NH4+]. The van der Waals surface area contributed by atoms with Crippen molar-refractivity contribution < 1.29 is 100 Å². The van der Waals surface area contributed by atoms with Crippen LogP contribution in [0.25, 0.3) is 0 Å². The van der Waals surface area contributed by atoms with E-state index in [1.807, 2.05) is 11.8 Å². The van der Waals surface area contributed by atoms with Gasteiger partial charge in [-0.2, -0.15) is 11.8 Å². The molecule has 2 aliphatic heterocycles. The zero-order valence-corrected chi connectivity index (χ0v) is 46.8. The first-order valence-electron chi connectivity index (χ1n) is 24.7. The van der Waals surface area contributed by atoms with E-state index in [4.69, 9.17) is 28.3 Å². The number of rotatable bonds is 38. The number of unbranched alkanes of at least 4 members (excludes halogenated alkanes) is 14. The number of esters is 2. The minimum absolute atomic E-state index is 0. The first kappa shape index (κ1) is 71.9. The number of amides is 3. The third-order valence-corrected chi connectivity index (χ3v) is 15.5. The largest absolute Gasteiger partial charge is 0.756 e. The Labute approximate surface area is 438 Å². The number of ether oxygens (including phenoxy) is 2. The van der Waals surface area contributed by atoms with E-state index >= 15 is 0 Å². The fraction of sp³-hybridized carbons (Fsp3) is 0.860. The third kappa shape index (κ3) is 29.6. The highest BCUT2D eigenvalue weighted by atomic mass is 32.2. The maximum atomic E-state index is 13.0. The van der Waals surface area contributed by atoms with Crippen molar-refractivity contribution in [1.82, 2.24) is 34.4 Å². The zero-order valence-electron chi connectivity index (χ0n) is 43.3. The molecule has 1 saturated carbocycles. The molecule has 3 fully saturated rings. The number of quaternary nitrogens is 3. The lowest BCUT2D eigenvalue weighted by Gasteiger charge is -2.47. The summed E-state index contributed by atoms with van der Waals surface area (Å²) in [5.74, 6) is -0.786. The van der Waals surface area contributed by atoms with E-state index in [0.29, 0.717) is 43.9 Å². The van der Waals surface area contributed by atoms with Crippen LogP contribution in [0.2, 0.25) is 0 Å². The summed E-state index contributed by atoms with van der Waals surface area (Å²) in [6.07, 6.45) is 4.57. The number of urea groups is 1. The Balaban J connectivity index is 0.0000178. The van der Waals surface area contributed by atoms with E-state index in [9.17, 15) is 62.9 Å². The molecule has 27 nitrogen and oxygen atoms in total. The molecule has 0 aromatic carbocycles. The molecule has 3 rings (SSSR count). The normalized spacial score (nSPS) is 26.1. The van der Waals surface area contributed by atoms with Crippen molar-refractivity contribution >= 4 is 59.1 Å². The lowest BCUT2D eigenvalue weighted by Crippen LogP contribution is -2.65. The lowest BCUT2D eigenvalue weighted by atomic mass is 9.85. The van der Waals surface area contributed by atoms with E-state index in [-0.39, 0.29) is 61.7 Å².